The van der Waals surface area contributed by atoms with E-state index in [9.17, 15) is 4.21 Å². The molecular formula is C9H10NOS+. The lowest BCUT2D eigenvalue weighted by molar-refractivity contribution is 0.685. The lowest BCUT2D eigenvalue weighted by atomic mass is 10.2. The average Bonchev–Trinajstić information content (AvgIpc) is 2.06. The third-order valence-electron chi connectivity index (χ3n) is 1.48. The summed E-state index contributed by atoms with van der Waals surface area (Å²) < 4.78 is 11.3. The summed E-state index contributed by atoms with van der Waals surface area (Å²) in [5.74, 6) is 0.170. The molecule has 0 heterocycles. The lowest BCUT2D eigenvalue weighted by Gasteiger charge is -1.94. The van der Waals surface area contributed by atoms with Crippen LogP contribution in [-0.2, 0) is 10.8 Å². The van der Waals surface area contributed by atoms with Gasteiger partial charge in [-0.25, -0.2) is 4.21 Å². The molecule has 62 valence electrons. The minimum absolute atomic E-state index is 0.170. The Bertz CT molecular complexity index is 323. The first-order valence-electron chi connectivity index (χ1n) is 3.56. The fraction of sp³-hybridized carbons (Fsp3) is 0.222. The second-order valence-corrected chi connectivity index (χ2v) is 3.89. The van der Waals surface area contributed by atoms with Crippen LogP contribution < -0.4 is 0 Å². The number of nitrogens with zero attached hydrogens (tertiary/aromatic N) is 1. The number of aryl methyl sites for hydroxylation is 1. The van der Waals surface area contributed by atoms with Crippen LogP contribution in [0.3, 0.4) is 0 Å². The maximum Gasteiger partial charge on any atom is 0.340 e. The van der Waals surface area contributed by atoms with Gasteiger partial charge in [-0.1, -0.05) is 22.5 Å². The van der Waals surface area contributed by atoms with Gasteiger partial charge in [0.1, 0.15) is 10.8 Å². The van der Waals surface area contributed by atoms with Crippen molar-refractivity contribution < 1.29 is 4.21 Å². The maximum absolute atomic E-state index is 11.3. The Kier molecular flexibility index (Phi) is 3.01. The predicted molar refractivity (Wildman–Crippen MR) is 50.8 cm³/mol. The fourth-order valence-electron chi connectivity index (χ4n) is 0.832. The van der Waals surface area contributed by atoms with Crippen LogP contribution in [0.5, 0.6) is 0 Å². The Hall–Kier alpha value is -1.14. The van der Waals surface area contributed by atoms with Crippen molar-refractivity contribution in [1.29, 1.82) is 0 Å². The van der Waals surface area contributed by atoms with Gasteiger partial charge in [-0.3, -0.25) is 0 Å². The molecule has 1 aromatic carbocycles. The number of hydrogen-bond donors (Lipinski definition) is 0. The fourth-order valence-corrected chi connectivity index (χ4v) is 1.56. The molecule has 1 rings (SSSR count). The van der Waals surface area contributed by atoms with Crippen molar-refractivity contribution in [3.63, 3.8) is 0 Å². The van der Waals surface area contributed by atoms with Crippen molar-refractivity contribution >= 4 is 10.8 Å². The highest BCUT2D eigenvalue weighted by Gasteiger charge is 2.06. The molecular weight excluding hydrogens is 170 g/mol. The third-order valence-corrected chi connectivity index (χ3v) is 2.66. The first-order valence-corrected chi connectivity index (χ1v) is 4.87. The largest absolute Gasteiger partial charge is 0.340 e. The molecule has 1 atom stereocenters. The van der Waals surface area contributed by atoms with Gasteiger partial charge in [0.2, 0.25) is 0 Å². The lowest BCUT2D eigenvalue weighted by Crippen LogP contribution is -1.93. The summed E-state index contributed by atoms with van der Waals surface area (Å²) in [5, 5.41) is 0. The van der Waals surface area contributed by atoms with Crippen LogP contribution in [0.1, 0.15) is 5.56 Å². The molecule has 1 aromatic rings. The molecule has 12 heavy (non-hydrogen) atoms. The maximum atomic E-state index is 11.3. The number of rotatable bonds is 2. The van der Waals surface area contributed by atoms with Crippen LogP contribution in [0, 0.1) is 13.5 Å². The van der Waals surface area contributed by atoms with Crippen molar-refractivity contribution in [3.8, 4) is 6.57 Å². The molecule has 2 nitrogen and oxygen atoms in total. The highest BCUT2D eigenvalue weighted by Crippen LogP contribution is 2.08. The molecule has 0 N–H and O–H groups in total. The summed E-state index contributed by atoms with van der Waals surface area (Å²) in [7, 11) is -1.08. The summed E-state index contributed by atoms with van der Waals surface area (Å²) in [5.41, 5.74) is 1.15. The summed E-state index contributed by atoms with van der Waals surface area (Å²) >= 11 is 0. The van der Waals surface area contributed by atoms with Crippen molar-refractivity contribution in [3.05, 3.63) is 34.7 Å². The Labute approximate surface area is 74.5 Å². The zero-order chi connectivity index (χ0) is 8.97. The molecule has 0 saturated carbocycles. The van der Waals surface area contributed by atoms with Crippen molar-refractivity contribution in [2.45, 2.75) is 11.8 Å². The molecule has 0 spiro atoms. The summed E-state index contributed by atoms with van der Waals surface area (Å²) in [6.07, 6.45) is 0. The van der Waals surface area contributed by atoms with Crippen LogP contribution >= 0.6 is 0 Å². The van der Waals surface area contributed by atoms with Gasteiger partial charge in [0.25, 0.3) is 6.57 Å². The van der Waals surface area contributed by atoms with Gasteiger partial charge in [0.15, 0.2) is 0 Å². The van der Waals surface area contributed by atoms with E-state index < -0.39 is 10.8 Å². The number of hydrogen-bond acceptors (Lipinski definition) is 1. The minimum Gasteiger partial charge on any atom is -0.247 e. The van der Waals surface area contributed by atoms with Gasteiger partial charge >= 0.3 is 5.88 Å². The highest BCUT2D eigenvalue weighted by molar-refractivity contribution is 7.85. The van der Waals surface area contributed by atoms with E-state index >= 15 is 0 Å². The molecule has 0 fully saturated rings. The van der Waals surface area contributed by atoms with Crippen LogP contribution in [0.2, 0.25) is 0 Å². The van der Waals surface area contributed by atoms with Gasteiger partial charge < -0.3 is 0 Å². The molecule has 3 heteroatoms. The summed E-state index contributed by atoms with van der Waals surface area (Å²) in [4.78, 5) is 4.11. The first-order chi connectivity index (χ1) is 5.74. The minimum atomic E-state index is -1.08. The first kappa shape index (κ1) is 8.95. The normalized spacial score (nSPS) is 12.0. The van der Waals surface area contributed by atoms with E-state index in [1.165, 1.54) is 0 Å². The van der Waals surface area contributed by atoms with E-state index in [1.807, 2.05) is 31.2 Å². The molecule has 0 aliphatic carbocycles. The van der Waals surface area contributed by atoms with Crippen molar-refractivity contribution in [1.82, 2.24) is 0 Å². The van der Waals surface area contributed by atoms with Crippen LogP contribution in [0.4, 0.5) is 0 Å². The molecule has 0 aliphatic heterocycles. The average molecular weight is 180 g/mol. The van der Waals surface area contributed by atoms with E-state index in [4.69, 9.17) is 6.57 Å². The summed E-state index contributed by atoms with van der Waals surface area (Å²) in [6.45, 7) is 6.91. The molecule has 0 saturated heterocycles. The monoisotopic (exact) mass is 180 g/mol. The van der Waals surface area contributed by atoms with Crippen molar-refractivity contribution in [2.75, 3.05) is 5.88 Å². The highest BCUT2D eigenvalue weighted by atomic mass is 32.2. The quantitative estimate of drug-likeness (QED) is 0.682. The topological polar surface area (TPSA) is 21.4 Å². The van der Waals surface area contributed by atoms with Gasteiger partial charge in [-0.2, -0.15) is 0 Å². The van der Waals surface area contributed by atoms with Crippen LogP contribution in [0.15, 0.2) is 29.2 Å². The SMILES string of the molecule is C#[N+]C[S@@](=O)c1ccc(C)cc1. The van der Waals surface area contributed by atoms with Gasteiger partial charge in [-0.15, -0.1) is 0 Å². The van der Waals surface area contributed by atoms with E-state index in [0.29, 0.717) is 0 Å². The predicted octanol–water partition coefficient (Wildman–Crippen LogP) is 2.02. The summed E-state index contributed by atoms with van der Waals surface area (Å²) in [6, 6.07) is 7.50. The van der Waals surface area contributed by atoms with Gasteiger partial charge in [0.05, 0.1) is 0 Å². The molecule has 0 amide bonds. The van der Waals surface area contributed by atoms with Gasteiger partial charge in [0, 0.05) is 4.90 Å². The Morgan fingerprint density at radius 1 is 1.42 bits per heavy atom. The molecule has 0 unspecified atom stereocenters. The zero-order valence-corrected chi connectivity index (χ0v) is 7.67. The standard InChI is InChI=1S/C9H10NOS/c1-8-3-5-9(6-4-8)12(11)7-10-2/h2-6H,7H2,1H3/q+1/t12-/m1/s1. The number of benzene rings is 1. The van der Waals surface area contributed by atoms with Crippen LogP contribution in [0.25, 0.3) is 4.85 Å². The Morgan fingerprint density at radius 2 is 2.00 bits per heavy atom. The smallest absolute Gasteiger partial charge is 0.247 e. The second-order valence-electron chi connectivity index (χ2n) is 2.47. The molecule has 0 radical (unpaired) electrons. The second kappa shape index (κ2) is 4.03. The van der Waals surface area contributed by atoms with Gasteiger partial charge in [-0.05, 0) is 19.1 Å². The van der Waals surface area contributed by atoms with E-state index in [1.54, 1.807) is 0 Å². The van der Waals surface area contributed by atoms with E-state index in [0.717, 1.165) is 10.5 Å². The molecule has 0 aliphatic rings. The van der Waals surface area contributed by atoms with Crippen molar-refractivity contribution in [2.24, 2.45) is 0 Å². The van der Waals surface area contributed by atoms with Crippen LogP contribution in [-0.4, -0.2) is 10.1 Å². The molecule has 0 aromatic heterocycles. The molecule has 0 bridgehead atoms. The third kappa shape index (κ3) is 2.18. The zero-order valence-electron chi connectivity index (χ0n) is 6.86. The van der Waals surface area contributed by atoms with E-state index in [-0.39, 0.29) is 5.88 Å². The van der Waals surface area contributed by atoms with E-state index in [2.05, 4.69) is 4.85 Å². The Balaban J connectivity index is 2.84. The Morgan fingerprint density at radius 3 is 2.50 bits per heavy atom.